The van der Waals surface area contributed by atoms with Gasteiger partial charge in [0.25, 0.3) is 0 Å². The zero-order chi connectivity index (χ0) is 14.3. The van der Waals surface area contributed by atoms with Crippen molar-refractivity contribution < 1.29 is 14.6 Å². The number of likely N-dealkylation sites (N-methyl/N-ethyl adjacent to an activating group) is 2. The zero-order valence-corrected chi connectivity index (χ0v) is 12.5. The van der Waals surface area contributed by atoms with Crippen LogP contribution in [-0.2, 0) is 9.53 Å². The van der Waals surface area contributed by atoms with Gasteiger partial charge in [-0.15, -0.1) is 0 Å². The molecule has 2 N–H and O–H groups in total. The molecule has 0 spiro atoms. The van der Waals surface area contributed by atoms with Crippen molar-refractivity contribution >= 4 is 5.97 Å². The van der Waals surface area contributed by atoms with Crippen molar-refractivity contribution in [3.8, 4) is 0 Å². The number of nitrogens with one attached hydrogen (secondary N) is 1. The van der Waals surface area contributed by atoms with Gasteiger partial charge in [-0.05, 0) is 40.8 Å². The van der Waals surface area contributed by atoms with Gasteiger partial charge in [-0.3, -0.25) is 9.69 Å². The van der Waals surface area contributed by atoms with Gasteiger partial charge in [-0.25, -0.2) is 0 Å². The van der Waals surface area contributed by atoms with Crippen LogP contribution >= 0.6 is 0 Å². The Morgan fingerprint density at radius 3 is 2.33 bits per heavy atom. The minimum Gasteiger partial charge on any atom is -0.480 e. The molecule has 0 radical (unpaired) electrons. The van der Waals surface area contributed by atoms with Crippen LogP contribution in [0.5, 0.6) is 0 Å². The fourth-order valence-corrected chi connectivity index (χ4v) is 2.40. The second-order valence-electron chi connectivity index (χ2n) is 5.08. The van der Waals surface area contributed by atoms with E-state index in [-0.39, 0.29) is 12.1 Å². The highest BCUT2D eigenvalue weighted by atomic mass is 16.5. The van der Waals surface area contributed by atoms with Crippen molar-refractivity contribution in [1.82, 2.24) is 10.2 Å². The molecule has 0 fully saturated rings. The van der Waals surface area contributed by atoms with E-state index >= 15 is 0 Å². The number of hydrogen-bond acceptors (Lipinski definition) is 4. The highest BCUT2D eigenvalue weighted by Gasteiger charge is 2.35. The number of aliphatic carboxylic acids is 1. The van der Waals surface area contributed by atoms with Crippen molar-refractivity contribution in [2.24, 2.45) is 0 Å². The van der Waals surface area contributed by atoms with Crippen LogP contribution in [0.4, 0.5) is 0 Å². The second-order valence-corrected chi connectivity index (χ2v) is 5.08. The summed E-state index contributed by atoms with van der Waals surface area (Å²) in [6.07, 6.45) is 0.556. The van der Waals surface area contributed by atoms with Crippen molar-refractivity contribution in [3.05, 3.63) is 0 Å². The number of hydrogen-bond donors (Lipinski definition) is 2. The smallest absolute Gasteiger partial charge is 0.323 e. The predicted octanol–water partition coefficient (Wildman–Crippen LogP) is 1.18. The Morgan fingerprint density at radius 2 is 2.00 bits per heavy atom. The van der Waals surface area contributed by atoms with Gasteiger partial charge in [0.2, 0.25) is 0 Å². The van der Waals surface area contributed by atoms with Crippen molar-refractivity contribution in [2.75, 3.05) is 27.3 Å². The third kappa shape index (κ3) is 4.55. The highest BCUT2D eigenvalue weighted by molar-refractivity contribution is 5.78. The average molecular weight is 260 g/mol. The quantitative estimate of drug-likeness (QED) is 0.652. The monoisotopic (exact) mass is 260 g/mol. The van der Waals surface area contributed by atoms with Gasteiger partial charge in [-0.2, -0.15) is 0 Å². The molecule has 18 heavy (non-hydrogen) atoms. The Bertz CT molecular complexity index is 261. The first-order valence-electron chi connectivity index (χ1n) is 6.49. The number of carboxylic acid groups (broad SMARTS) is 1. The maximum atomic E-state index is 11.3. The Morgan fingerprint density at radius 1 is 1.44 bits per heavy atom. The molecule has 5 nitrogen and oxygen atoms in total. The maximum Gasteiger partial charge on any atom is 0.323 e. The number of ether oxygens (including phenoxy) is 1. The van der Waals surface area contributed by atoms with E-state index in [2.05, 4.69) is 31.0 Å². The second kappa shape index (κ2) is 7.71. The molecule has 0 saturated heterocycles. The molecule has 0 bridgehead atoms. The molecule has 3 atom stereocenters. The summed E-state index contributed by atoms with van der Waals surface area (Å²) in [7, 11) is 3.37. The predicted molar refractivity (Wildman–Crippen MR) is 72.9 cm³/mol. The molecule has 0 aliphatic carbocycles. The van der Waals surface area contributed by atoms with Gasteiger partial charge in [-0.1, -0.05) is 6.92 Å². The first kappa shape index (κ1) is 17.4. The Labute approximate surface area is 110 Å². The van der Waals surface area contributed by atoms with Crippen LogP contribution in [0.1, 0.15) is 34.1 Å². The van der Waals surface area contributed by atoms with Gasteiger partial charge in [0.15, 0.2) is 0 Å². The van der Waals surface area contributed by atoms with Gasteiger partial charge >= 0.3 is 5.97 Å². The van der Waals surface area contributed by atoms with Crippen LogP contribution in [0.2, 0.25) is 0 Å². The van der Waals surface area contributed by atoms with Crippen molar-refractivity contribution in [1.29, 1.82) is 0 Å². The molecule has 0 saturated carbocycles. The molecular formula is C13H28N2O3. The topological polar surface area (TPSA) is 61.8 Å². The summed E-state index contributed by atoms with van der Waals surface area (Å²) in [5.74, 6) is -0.813. The summed E-state index contributed by atoms with van der Waals surface area (Å²) < 4.78 is 5.17. The Hall–Kier alpha value is -0.650. The molecule has 0 aliphatic rings. The molecule has 0 aliphatic heterocycles. The van der Waals surface area contributed by atoms with Crippen LogP contribution in [-0.4, -0.2) is 60.9 Å². The molecule has 0 heterocycles. The van der Waals surface area contributed by atoms with Crippen LogP contribution in [0.15, 0.2) is 0 Å². The lowest BCUT2D eigenvalue weighted by atomic mass is 9.92. The highest BCUT2D eigenvalue weighted by Crippen LogP contribution is 2.18. The molecule has 0 aromatic heterocycles. The summed E-state index contributed by atoms with van der Waals surface area (Å²) >= 11 is 0. The minimum absolute atomic E-state index is 0.175. The molecule has 0 rings (SSSR count). The van der Waals surface area contributed by atoms with Crippen molar-refractivity contribution in [2.45, 2.75) is 51.7 Å². The van der Waals surface area contributed by atoms with E-state index in [0.29, 0.717) is 13.0 Å². The van der Waals surface area contributed by atoms with Gasteiger partial charge in [0.1, 0.15) is 5.54 Å². The molecule has 0 aromatic rings. The first-order chi connectivity index (χ1) is 8.32. The summed E-state index contributed by atoms with van der Waals surface area (Å²) in [6.45, 7) is 9.50. The number of nitrogens with zero attached hydrogens (tertiary/aromatic N) is 1. The molecule has 5 heteroatoms. The Kier molecular flexibility index (Phi) is 7.43. The van der Waals surface area contributed by atoms with Gasteiger partial charge in [0.05, 0.1) is 6.61 Å². The van der Waals surface area contributed by atoms with Crippen LogP contribution in [0.3, 0.4) is 0 Å². The first-order valence-corrected chi connectivity index (χ1v) is 6.49. The van der Waals surface area contributed by atoms with E-state index in [0.717, 1.165) is 6.54 Å². The van der Waals surface area contributed by atoms with E-state index in [1.165, 1.54) is 0 Å². The molecule has 0 amide bonds. The van der Waals surface area contributed by atoms with Crippen LogP contribution in [0, 0.1) is 0 Å². The SMILES string of the molecule is CCN(C(C)COC)C(C)CC(C)(NC)C(=O)O. The van der Waals surface area contributed by atoms with E-state index in [1.54, 1.807) is 21.1 Å². The van der Waals surface area contributed by atoms with Crippen LogP contribution in [0.25, 0.3) is 0 Å². The summed E-state index contributed by atoms with van der Waals surface area (Å²) in [5.41, 5.74) is -0.889. The number of carboxylic acids is 1. The van der Waals surface area contributed by atoms with E-state index in [9.17, 15) is 9.90 Å². The number of carbonyl (C=O) groups is 1. The minimum atomic E-state index is -0.889. The van der Waals surface area contributed by atoms with E-state index in [1.807, 2.05) is 0 Å². The fraction of sp³-hybridized carbons (Fsp3) is 0.923. The lowest BCUT2D eigenvalue weighted by Gasteiger charge is -2.37. The number of rotatable bonds is 9. The fourth-order valence-electron chi connectivity index (χ4n) is 2.40. The Balaban J connectivity index is 4.70. The molecule has 3 unspecified atom stereocenters. The molecular weight excluding hydrogens is 232 g/mol. The molecule has 0 aromatic carbocycles. The summed E-state index contributed by atoms with van der Waals surface area (Å²) in [6, 6.07) is 0.457. The molecule has 108 valence electrons. The maximum absolute atomic E-state index is 11.3. The standard InChI is InChI=1S/C13H28N2O3/c1-7-15(11(3)9-18-6)10(2)8-13(4,14-5)12(16)17/h10-11,14H,7-9H2,1-6H3,(H,16,17). The third-order valence-corrected chi connectivity index (χ3v) is 3.63. The van der Waals surface area contributed by atoms with Gasteiger partial charge in [0, 0.05) is 19.2 Å². The normalized spacial score (nSPS) is 18.4. The average Bonchev–Trinajstić information content (AvgIpc) is 2.29. The van der Waals surface area contributed by atoms with Crippen molar-refractivity contribution in [3.63, 3.8) is 0 Å². The number of methoxy groups -OCH3 is 1. The van der Waals surface area contributed by atoms with E-state index < -0.39 is 11.5 Å². The third-order valence-electron chi connectivity index (χ3n) is 3.63. The summed E-state index contributed by atoms with van der Waals surface area (Å²) in [5, 5.41) is 12.2. The van der Waals surface area contributed by atoms with E-state index in [4.69, 9.17) is 4.74 Å². The lowest BCUT2D eigenvalue weighted by Crippen LogP contribution is -2.53. The lowest BCUT2D eigenvalue weighted by molar-refractivity contribution is -0.145. The largest absolute Gasteiger partial charge is 0.480 e. The van der Waals surface area contributed by atoms with Crippen LogP contribution < -0.4 is 5.32 Å². The zero-order valence-electron chi connectivity index (χ0n) is 12.5. The summed E-state index contributed by atoms with van der Waals surface area (Å²) in [4.78, 5) is 13.6. The van der Waals surface area contributed by atoms with Gasteiger partial charge < -0.3 is 15.2 Å².